The normalized spacial score (nSPS) is 13.4. The fourth-order valence-corrected chi connectivity index (χ4v) is 2.23. The predicted molar refractivity (Wildman–Crippen MR) is 82.8 cm³/mol. The van der Waals surface area contributed by atoms with Crippen molar-refractivity contribution in [2.75, 3.05) is 6.61 Å². The molecule has 5 nitrogen and oxygen atoms in total. The first-order chi connectivity index (χ1) is 10.6. The lowest BCUT2D eigenvalue weighted by Gasteiger charge is -2.17. The van der Waals surface area contributed by atoms with Crippen LogP contribution >= 0.6 is 0 Å². The molecule has 1 aromatic carbocycles. The van der Waals surface area contributed by atoms with Crippen LogP contribution in [0.2, 0.25) is 0 Å². The molecule has 0 saturated carbocycles. The van der Waals surface area contributed by atoms with E-state index in [-0.39, 0.29) is 11.9 Å². The highest BCUT2D eigenvalue weighted by molar-refractivity contribution is 5.97. The Balaban J connectivity index is 1.96. The Morgan fingerprint density at radius 2 is 2.09 bits per heavy atom. The molecule has 0 spiro atoms. The van der Waals surface area contributed by atoms with Gasteiger partial charge in [-0.05, 0) is 38.1 Å². The Hall–Kier alpha value is -2.27. The number of nitrogens with one attached hydrogen (secondary N) is 1. The van der Waals surface area contributed by atoms with Crippen molar-refractivity contribution in [2.45, 2.75) is 32.4 Å². The average Bonchev–Trinajstić information content (AvgIpc) is 3.02. The summed E-state index contributed by atoms with van der Waals surface area (Å²) in [5, 5.41) is 12.9. The number of para-hydroxylation sites is 1. The van der Waals surface area contributed by atoms with Crippen molar-refractivity contribution in [1.82, 2.24) is 5.32 Å². The molecule has 118 valence electrons. The molecule has 2 aromatic rings. The van der Waals surface area contributed by atoms with Gasteiger partial charge in [0.15, 0.2) is 0 Å². The van der Waals surface area contributed by atoms with Gasteiger partial charge in [0.1, 0.15) is 17.6 Å². The van der Waals surface area contributed by atoms with E-state index in [0.29, 0.717) is 30.1 Å². The molecule has 22 heavy (non-hydrogen) atoms. The van der Waals surface area contributed by atoms with Crippen LogP contribution < -0.4 is 10.1 Å². The SMILES string of the molecule is CCOc1ccccc1C(=O)N[C@H](C)C[C@H](O)c1ccco1. The Kier molecular flexibility index (Phi) is 5.61. The Labute approximate surface area is 129 Å². The number of aliphatic hydroxyl groups is 1. The number of rotatable bonds is 7. The summed E-state index contributed by atoms with van der Waals surface area (Å²) in [6.45, 7) is 4.21. The van der Waals surface area contributed by atoms with Crippen molar-refractivity contribution in [1.29, 1.82) is 0 Å². The minimum atomic E-state index is -0.743. The second kappa shape index (κ2) is 7.66. The quantitative estimate of drug-likeness (QED) is 0.825. The fourth-order valence-electron chi connectivity index (χ4n) is 2.23. The van der Waals surface area contributed by atoms with Crippen molar-refractivity contribution >= 4 is 5.91 Å². The molecule has 2 atom stereocenters. The molecule has 0 aliphatic heterocycles. The molecule has 0 bridgehead atoms. The van der Waals surface area contributed by atoms with E-state index in [9.17, 15) is 9.90 Å². The fraction of sp³-hybridized carbons (Fsp3) is 0.353. The molecular weight excluding hydrogens is 282 g/mol. The van der Waals surface area contributed by atoms with Crippen LogP contribution in [0.5, 0.6) is 5.75 Å². The van der Waals surface area contributed by atoms with Crippen LogP contribution in [0.1, 0.15) is 42.5 Å². The van der Waals surface area contributed by atoms with Gasteiger partial charge in [-0.2, -0.15) is 0 Å². The van der Waals surface area contributed by atoms with Crippen LogP contribution in [-0.2, 0) is 0 Å². The van der Waals surface area contributed by atoms with Crippen LogP contribution in [-0.4, -0.2) is 23.7 Å². The van der Waals surface area contributed by atoms with Crippen LogP contribution in [0.4, 0.5) is 0 Å². The molecule has 0 aliphatic rings. The number of aliphatic hydroxyl groups excluding tert-OH is 1. The van der Waals surface area contributed by atoms with Crippen molar-refractivity contribution in [3.8, 4) is 5.75 Å². The molecular formula is C17H21NO4. The summed E-state index contributed by atoms with van der Waals surface area (Å²) < 4.78 is 10.6. The van der Waals surface area contributed by atoms with Crippen molar-refractivity contribution in [3.05, 3.63) is 54.0 Å². The maximum absolute atomic E-state index is 12.3. The predicted octanol–water partition coefficient (Wildman–Crippen LogP) is 2.92. The van der Waals surface area contributed by atoms with Crippen LogP contribution in [0, 0.1) is 0 Å². The molecule has 2 rings (SSSR count). The summed E-state index contributed by atoms with van der Waals surface area (Å²) in [6.07, 6.45) is 1.14. The first-order valence-electron chi connectivity index (χ1n) is 7.36. The zero-order chi connectivity index (χ0) is 15.9. The lowest BCUT2D eigenvalue weighted by atomic mass is 10.1. The molecule has 0 unspecified atom stereocenters. The molecule has 0 aliphatic carbocycles. The van der Waals surface area contributed by atoms with Crippen LogP contribution in [0.15, 0.2) is 47.1 Å². The monoisotopic (exact) mass is 303 g/mol. The Bertz CT molecular complexity index is 594. The third-order valence-corrected chi connectivity index (χ3v) is 3.26. The summed E-state index contributed by atoms with van der Waals surface area (Å²) >= 11 is 0. The minimum Gasteiger partial charge on any atom is -0.493 e. The van der Waals surface area contributed by atoms with E-state index < -0.39 is 6.10 Å². The third kappa shape index (κ3) is 4.11. The smallest absolute Gasteiger partial charge is 0.255 e. The second-order valence-corrected chi connectivity index (χ2v) is 5.07. The zero-order valence-corrected chi connectivity index (χ0v) is 12.8. The van der Waals surface area contributed by atoms with E-state index in [1.165, 1.54) is 6.26 Å². The van der Waals surface area contributed by atoms with Crippen molar-refractivity contribution in [3.63, 3.8) is 0 Å². The molecule has 1 amide bonds. The van der Waals surface area contributed by atoms with Crippen molar-refractivity contribution < 1.29 is 19.1 Å². The summed E-state index contributed by atoms with van der Waals surface area (Å²) in [4.78, 5) is 12.3. The number of benzene rings is 1. The highest BCUT2D eigenvalue weighted by atomic mass is 16.5. The van der Waals surface area contributed by atoms with Crippen LogP contribution in [0.3, 0.4) is 0 Å². The van der Waals surface area contributed by atoms with E-state index in [4.69, 9.17) is 9.15 Å². The van der Waals surface area contributed by atoms with Crippen LogP contribution in [0.25, 0.3) is 0 Å². The number of amides is 1. The Morgan fingerprint density at radius 3 is 2.77 bits per heavy atom. The number of hydrogen-bond donors (Lipinski definition) is 2. The van der Waals surface area contributed by atoms with Gasteiger partial charge in [0.25, 0.3) is 5.91 Å². The second-order valence-electron chi connectivity index (χ2n) is 5.07. The molecule has 5 heteroatoms. The van der Waals surface area contributed by atoms with E-state index in [0.717, 1.165) is 0 Å². The summed E-state index contributed by atoms with van der Waals surface area (Å²) in [6, 6.07) is 10.3. The summed E-state index contributed by atoms with van der Waals surface area (Å²) in [7, 11) is 0. The molecule has 0 saturated heterocycles. The molecule has 1 aromatic heterocycles. The molecule has 2 N–H and O–H groups in total. The molecule has 0 radical (unpaired) electrons. The maximum atomic E-state index is 12.3. The summed E-state index contributed by atoms with van der Waals surface area (Å²) in [5.74, 6) is 0.834. The van der Waals surface area contributed by atoms with Gasteiger partial charge in [-0.3, -0.25) is 4.79 Å². The highest BCUT2D eigenvalue weighted by Gasteiger charge is 2.18. The van der Waals surface area contributed by atoms with Gasteiger partial charge in [0.05, 0.1) is 18.4 Å². The minimum absolute atomic E-state index is 0.206. The maximum Gasteiger partial charge on any atom is 0.255 e. The van der Waals surface area contributed by atoms with Gasteiger partial charge >= 0.3 is 0 Å². The number of carbonyl (C=O) groups excluding carboxylic acids is 1. The van der Waals surface area contributed by atoms with Gasteiger partial charge in [-0.1, -0.05) is 12.1 Å². The Morgan fingerprint density at radius 1 is 1.32 bits per heavy atom. The zero-order valence-electron chi connectivity index (χ0n) is 12.8. The lowest BCUT2D eigenvalue weighted by Crippen LogP contribution is -2.34. The van der Waals surface area contributed by atoms with E-state index in [1.807, 2.05) is 19.9 Å². The topological polar surface area (TPSA) is 71.7 Å². The standard InChI is InChI=1S/C17H21NO4/c1-3-21-15-8-5-4-7-13(15)17(20)18-12(2)11-14(19)16-9-6-10-22-16/h4-10,12,14,19H,3,11H2,1-2H3,(H,18,20)/t12-,14+/m1/s1. The van der Waals surface area contributed by atoms with E-state index in [2.05, 4.69) is 5.32 Å². The third-order valence-electron chi connectivity index (χ3n) is 3.26. The van der Waals surface area contributed by atoms with Crippen molar-refractivity contribution in [2.24, 2.45) is 0 Å². The largest absolute Gasteiger partial charge is 0.493 e. The number of ether oxygens (including phenoxy) is 1. The van der Waals surface area contributed by atoms with Gasteiger partial charge in [0, 0.05) is 12.5 Å². The van der Waals surface area contributed by atoms with Gasteiger partial charge in [-0.15, -0.1) is 0 Å². The van der Waals surface area contributed by atoms with Gasteiger partial charge < -0.3 is 19.6 Å². The highest BCUT2D eigenvalue weighted by Crippen LogP contribution is 2.20. The van der Waals surface area contributed by atoms with E-state index >= 15 is 0 Å². The number of carbonyl (C=O) groups is 1. The first kappa shape index (κ1) is 16.1. The first-order valence-corrected chi connectivity index (χ1v) is 7.36. The number of hydrogen-bond acceptors (Lipinski definition) is 4. The summed E-state index contributed by atoms with van der Waals surface area (Å²) in [5.41, 5.74) is 0.490. The number of furan rings is 1. The lowest BCUT2D eigenvalue weighted by molar-refractivity contribution is 0.0899. The van der Waals surface area contributed by atoms with Gasteiger partial charge in [0.2, 0.25) is 0 Å². The van der Waals surface area contributed by atoms with Gasteiger partial charge in [-0.25, -0.2) is 0 Å². The van der Waals surface area contributed by atoms with E-state index in [1.54, 1.807) is 30.3 Å². The average molecular weight is 303 g/mol. The molecule has 1 heterocycles. The molecule has 0 fully saturated rings.